The van der Waals surface area contributed by atoms with Gasteiger partial charge in [-0.3, -0.25) is 0 Å². The molecule has 0 aliphatic rings. The molecule has 84 valence electrons. The highest BCUT2D eigenvalue weighted by Crippen LogP contribution is 2.16. The van der Waals surface area contributed by atoms with E-state index in [1.54, 1.807) is 0 Å². The van der Waals surface area contributed by atoms with Crippen molar-refractivity contribution in [3.05, 3.63) is 48.2 Å². The van der Waals surface area contributed by atoms with Crippen molar-refractivity contribution >= 4 is 10.9 Å². The third kappa shape index (κ3) is 2.52. The molecule has 1 aromatic carbocycles. The van der Waals surface area contributed by atoms with Gasteiger partial charge in [-0.05, 0) is 36.9 Å². The Bertz CT molecular complexity index is 468. The van der Waals surface area contributed by atoms with E-state index in [9.17, 15) is 0 Å². The number of aromatic amines is 1. The standard InChI is InChI=1S/C14H18N2/c1-2-3-4-9-15-11-13-7-5-6-12-8-10-16-14(12)13/h2-3,5-8,10,15-16H,4,9,11H2,1H3/b3-2+. The normalized spacial score (nSPS) is 11.6. The van der Waals surface area contributed by atoms with Gasteiger partial charge in [-0.25, -0.2) is 0 Å². The molecule has 0 fully saturated rings. The fourth-order valence-electron chi connectivity index (χ4n) is 1.87. The van der Waals surface area contributed by atoms with Crippen LogP contribution in [0.1, 0.15) is 18.9 Å². The molecule has 2 aromatic rings. The average Bonchev–Trinajstić information content (AvgIpc) is 2.77. The zero-order chi connectivity index (χ0) is 11.2. The van der Waals surface area contributed by atoms with Gasteiger partial charge in [0.1, 0.15) is 0 Å². The summed E-state index contributed by atoms with van der Waals surface area (Å²) in [6.45, 7) is 4.01. The number of fused-ring (bicyclic) bond motifs is 1. The van der Waals surface area contributed by atoms with Crippen molar-refractivity contribution in [3.8, 4) is 0 Å². The van der Waals surface area contributed by atoms with E-state index in [0.29, 0.717) is 0 Å². The Morgan fingerprint density at radius 1 is 1.31 bits per heavy atom. The van der Waals surface area contributed by atoms with Crippen molar-refractivity contribution in [3.63, 3.8) is 0 Å². The number of para-hydroxylation sites is 1. The number of allylic oxidation sites excluding steroid dienone is 1. The Hall–Kier alpha value is -1.54. The van der Waals surface area contributed by atoms with Gasteiger partial charge in [0.15, 0.2) is 0 Å². The molecule has 1 aromatic heterocycles. The highest BCUT2D eigenvalue weighted by Gasteiger charge is 2.00. The molecule has 0 aliphatic carbocycles. The lowest BCUT2D eigenvalue weighted by Crippen LogP contribution is -2.14. The second-order valence-electron chi connectivity index (χ2n) is 3.89. The first-order valence-electron chi connectivity index (χ1n) is 5.78. The first-order valence-corrected chi connectivity index (χ1v) is 5.78. The maximum Gasteiger partial charge on any atom is 0.0499 e. The Balaban J connectivity index is 1.96. The average molecular weight is 214 g/mol. The third-order valence-corrected chi connectivity index (χ3v) is 2.71. The van der Waals surface area contributed by atoms with E-state index in [0.717, 1.165) is 19.5 Å². The molecular formula is C14H18N2. The number of rotatable bonds is 5. The van der Waals surface area contributed by atoms with Gasteiger partial charge in [-0.2, -0.15) is 0 Å². The van der Waals surface area contributed by atoms with Gasteiger partial charge in [0.05, 0.1) is 0 Å². The van der Waals surface area contributed by atoms with Gasteiger partial charge in [0.2, 0.25) is 0 Å². The van der Waals surface area contributed by atoms with Gasteiger partial charge in [-0.15, -0.1) is 0 Å². The van der Waals surface area contributed by atoms with E-state index in [1.165, 1.54) is 16.5 Å². The van der Waals surface area contributed by atoms with Gasteiger partial charge >= 0.3 is 0 Å². The molecule has 0 bridgehead atoms. The van der Waals surface area contributed by atoms with Crippen LogP contribution < -0.4 is 5.32 Å². The molecule has 0 amide bonds. The van der Waals surface area contributed by atoms with Crippen molar-refractivity contribution < 1.29 is 0 Å². The van der Waals surface area contributed by atoms with Crippen LogP contribution in [0.25, 0.3) is 10.9 Å². The van der Waals surface area contributed by atoms with Crippen LogP contribution in [0.5, 0.6) is 0 Å². The predicted octanol–water partition coefficient (Wildman–Crippen LogP) is 3.22. The maximum atomic E-state index is 3.45. The smallest absolute Gasteiger partial charge is 0.0499 e. The van der Waals surface area contributed by atoms with E-state index in [2.05, 4.69) is 53.6 Å². The van der Waals surface area contributed by atoms with E-state index < -0.39 is 0 Å². The summed E-state index contributed by atoms with van der Waals surface area (Å²) in [6, 6.07) is 8.52. The maximum absolute atomic E-state index is 3.45. The molecule has 2 rings (SSSR count). The van der Waals surface area contributed by atoms with Crippen molar-refractivity contribution in [1.82, 2.24) is 10.3 Å². The van der Waals surface area contributed by atoms with Gasteiger partial charge in [0, 0.05) is 18.3 Å². The molecule has 0 spiro atoms. The van der Waals surface area contributed by atoms with E-state index in [-0.39, 0.29) is 0 Å². The number of hydrogen-bond donors (Lipinski definition) is 2. The lowest BCUT2D eigenvalue weighted by atomic mass is 10.1. The Morgan fingerprint density at radius 3 is 3.12 bits per heavy atom. The minimum Gasteiger partial charge on any atom is -0.361 e. The van der Waals surface area contributed by atoms with E-state index in [4.69, 9.17) is 0 Å². The summed E-state index contributed by atoms with van der Waals surface area (Å²) in [5.74, 6) is 0. The minimum absolute atomic E-state index is 0.926. The van der Waals surface area contributed by atoms with Gasteiger partial charge < -0.3 is 10.3 Å². The van der Waals surface area contributed by atoms with Crippen LogP contribution in [-0.4, -0.2) is 11.5 Å². The van der Waals surface area contributed by atoms with Crippen LogP contribution in [0.15, 0.2) is 42.6 Å². The number of hydrogen-bond acceptors (Lipinski definition) is 1. The quantitative estimate of drug-likeness (QED) is 0.580. The predicted molar refractivity (Wildman–Crippen MR) is 69.4 cm³/mol. The molecular weight excluding hydrogens is 196 g/mol. The first-order chi connectivity index (χ1) is 7.92. The van der Waals surface area contributed by atoms with Crippen molar-refractivity contribution in [2.45, 2.75) is 19.9 Å². The van der Waals surface area contributed by atoms with Crippen molar-refractivity contribution in [1.29, 1.82) is 0 Å². The van der Waals surface area contributed by atoms with E-state index in [1.807, 2.05) is 6.20 Å². The summed E-state index contributed by atoms with van der Waals surface area (Å²) in [5, 5.41) is 4.73. The summed E-state index contributed by atoms with van der Waals surface area (Å²) in [7, 11) is 0. The summed E-state index contributed by atoms with van der Waals surface area (Å²) in [4.78, 5) is 3.29. The lowest BCUT2D eigenvalue weighted by molar-refractivity contribution is 0.697. The first kappa shape index (κ1) is 11.0. The Kier molecular flexibility index (Phi) is 3.78. The fraction of sp³-hybridized carbons (Fsp3) is 0.286. The molecule has 0 atom stereocenters. The Labute approximate surface area is 96.4 Å². The SMILES string of the molecule is C/C=C/CCNCc1cccc2cc[nH]c12. The van der Waals surface area contributed by atoms with Gasteiger partial charge in [-0.1, -0.05) is 30.4 Å². The van der Waals surface area contributed by atoms with Crippen LogP contribution in [-0.2, 0) is 6.54 Å². The Morgan fingerprint density at radius 2 is 2.25 bits per heavy atom. The molecule has 2 nitrogen and oxygen atoms in total. The monoisotopic (exact) mass is 214 g/mol. The number of benzene rings is 1. The highest BCUT2D eigenvalue weighted by atomic mass is 14.8. The van der Waals surface area contributed by atoms with Crippen LogP contribution in [0.2, 0.25) is 0 Å². The largest absolute Gasteiger partial charge is 0.361 e. The molecule has 0 saturated heterocycles. The lowest BCUT2D eigenvalue weighted by Gasteiger charge is -2.04. The second kappa shape index (κ2) is 5.52. The van der Waals surface area contributed by atoms with Crippen molar-refractivity contribution in [2.24, 2.45) is 0 Å². The molecule has 2 heteroatoms. The molecule has 0 aliphatic heterocycles. The summed E-state index contributed by atoms with van der Waals surface area (Å²) >= 11 is 0. The van der Waals surface area contributed by atoms with Crippen LogP contribution in [0.3, 0.4) is 0 Å². The van der Waals surface area contributed by atoms with Crippen LogP contribution in [0, 0.1) is 0 Å². The third-order valence-electron chi connectivity index (χ3n) is 2.71. The molecule has 16 heavy (non-hydrogen) atoms. The molecule has 0 saturated carbocycles. The molecule has 0 unspecified atom stereocenters. The van der Waals surface area contributed by atoms with E-state index >= 15 is 0 Å². The highest BCUT2D eigenvalue weighted by molar-refractivity contribution is 5.82. The van der Waals surface area contributed by atoms with Crippen LogP contribution >= 0.6 is 0 Å². The zero-order valence-corrected chi connectivity index (χ0v) is 9.66. The number of aromatic nitrogens is 1. The molecule has 0 radical (unpaired) electrons. The summed E-state index contributed by atoms with van der Waals surface area (Å²) in [5.41, 5.74) is 2.59. The minimum atomic E-state index is 0.926. The summed E-state index contributed by atoms with van der Waals surface area (Å²) in [6.07, 6.45) is 7.36. The van der Waals surface area contributed by atoms with Gasteiger partial charge in [0.25, 0.3) is 0 Å². The zero-order valence-electron chi connectivity index (χ0n) is 9.66. The second-order valence-corrected chi connectivity index (χ2v) is 3.89. The topological polar surface area (TPSA) is 27.8 Å². The van der Waals surface area contributed by atoms with Crippen molar-refractivity contribution in [2.75, 3.05) is 6.54 Å². The number of H-pyrrole nitrogens is 1. The van der Waals surface area contributed by atoms with Crippen LogP contribution in [0.4, 0.5) is 0 Å². The molecule has 2 N–H and O–H groups in total. The molecule has 1 heterocycles. The fourth-order valence-corrected chi connectivity index (χ4v) is 1.87. The summed E-state index contributed by atoms with van der Waals surface area (Å²) < 4.78 is 0. The number of nitrogens with one attached hydrogen (secondary N) is 2.